The summed E-state index contributed by atoms with van der Waals surface area (Å²) in [6.45, 7) is 0. The number of nitrogens with zero attached hydrogens (tertiary/aromatic N) is 3. The summed E-state index contributed by atoms with van der Waals surface area (Å²) < 4.78 is 1.82. The highest BCUT2D eigenvalue weighted by atomic mass is 16.1. The molecule has 82 valence electrons. The average molecular weight is 217 g/mol. The summed E-state index contributed by atoms with van der Waals surface area (Å²) in [6, 6.07) is 1.64. The number of pyridine rings is 1. The number of carbonyl (C=O) groups is 1. The van der Waals surface area contributed by atoms with Crippen LogP contribution in [-0.2, 0) is 7.05 Å². The quantitative estimate of drug-likeness (QED) is 0.790. The summed E-state index contributed by atoms with van der Waals surface area (Å²) in [5.41, 5.74) is 6.22. The zero-order valence-electron chi connectivity index (χ0n) is 8.71. The van der Waals surface area contributed by atoms with Crippen LogP contribution in [0.25, 0.3) is 0 Å². The molecule has 0 aliphatic heterocycles. The molecule has 0 spiro atoms. The monoisotopic (exact) mass is 217 g/mol. The largest absolute Gasteiger partial charge is 0.366 e. The van der Waals surface area contributed by atoms with Gasteiger partial charge in [0.2, 0.25) is 5.91 Å². The molecule has 6 heteroatoms. The van der Waals surface area contributed by atoms with Crippen molar-refractivity contribution in [2.75, 3.05) is 5.32 Å². The van der Waals surface area contributed by atoms with Gasteiger partial charge in [-0.25, -0.2) is 4.98 Å². The molecule has 0 bridgehead atoms. The average Bonchev–Trinajstić information content (AvgIpc) is 2.65. The van der Waals surface area contributed by atoms with Crippen LogP contribution in [0.2, 0.25) is 0 Å². The van der Waals surface area contributed by atoms with Gasteiger partial charge in [-0.3, -0.25) is 9.78 Å². The standard InChI is InChI=1S/C10H11N5O/c1-15-6-13-5-9(15)14-8-2-7(10(11)16)3-12-4-8/h2-6,14H,1H3,(H2,11,16). The fraction of sp³-hybridized carbons (Fsp3) is 0.100. The fourth-order valence-electron chi connectivity index (χ4n) is 1.27. The van der Waals surface area contributed by atoms with Crippen LogP contribution in [0.5, 0.6) is 0 Å². The van der Waals surface area contributed by atoms with E-state index in [1.807, 2.05) is 11.6 Å². The number of imidazole rings is 1. The maximum Gasteiger partial charge on any atom is 0.250 e. The Morgan fingerprint density at radius 2 is 2.19 bits per heavy atom. The Labute approximate surface area is 92.1 Å². The van der Waals surface area contributed by atoms with Crippen molar-refractivity contribution >= 4 is 17.4 Å². The van der Waals surface area contributed by atoms with E-state index in [2.05, 4.69) is 15.3 Å². The number of amides is 1. The summed E-state index contributed by atoms with van der Waals surface area (Å²) in [5.74, 6) is 0.310. The number of carbonyl (C=O) groups excluding carboxylic acids is 1. The third-order valence-corrected chi connectivity index (χ3v) is 2.11. The van der Waals surface area contributed by atoms with E-state index >= 15 is 0 Å². The van der Waals surface area contributed by atoms with Crippen LogP contribution < -0.4 is 11.1 Å². The van der Waals surface area contributed by atoms with E-state index in [0.29, 0.717) is 11.3 Å². The molecule has 0 atom stereocenters. The first-order valence-electron chi connectivity index (χ1n) is 4.65. The maximum atomic E-state index is 11.0. The molecule has 6 nitrogen and oxygen atoms in total. The first-order valence-corrected chi connectivity index (χ1v) is 4.65. The number of rotatable bonds is 3. The first-order chi connectivity index (χ1) is 7.66. The van der Waals surface area contributed by atoms with Gasteiger partial charge in [0, 0.05) is 13.2 Å². The smallest absolute Gasteiger partial charge is 0.250 e. The number of hydrogen-bond acceptors (Lipinski definition) is 4. The minimum absolute atomic E-state index is 0.368. The topological polar surface area (TPSA) is 85.8 Å². The van der Waals surface area contributed by atoms with Gasteiger partial charge < -0.3 is 15.6 Å². The Balaban J connectivity index is 2.25. The summed E-state index contributed by atoms with van der Waals surface area (Å²) >= 11 is 0. The van der Waals surface area contributed by atoms with Crippen LogP contribution in [0, 0.1) is 0 Å². The lowest BCUT2D eigenvalue weighted by Gasteiger charge is -2.06. The molecule has 0 saturated carbocycles. The van der Waals surface area contributed by atoms with Crippen molar-refractivity contribution in [2.24, 2.45) is 12.8 Å². The molecule has 0 aromatic carbocycles. The summed E-state index contributed by atoms with van der Waals surface area (Å²) in [7, 11) is 1.86. The van der Waals surface area contributed by atoms with Crippen LogP contribution in [0.4, 0.5) is 11.5 Å². The number of anilines is 2. The SMILES string of the molecule is Cn1cncc1Nc1cncc(C(N)=O)c1. The van der Waals surface area contributed by atoms with E-state index in [4.69, 9.17) is 5.73 Å². The zero-order valence-corrected chi connectivity index (χ0v) is 8.71. The zero-order chi connectivity index (χ0) is 11.5. The highest BCUT2D eigenvalue weighted by molar-refractivity contribution is 5.93. The van der Waals surface area contributed by atoms with E-state index in [1.54, 1.807) is 24.8 Å². The van der Waals surface area contributed by atoms with Crippen molar-refractivity contribution in [3.8, 4) is 0 Å². The number of aryl methyl sites for hydroxylation is 1. The molecule has 2 aromatic rings. The van der Waals surface area contributed by atoms with Gasteiger partial charge in [0.25, 0.3) is 0 Å². The van der Waals surface area contributed by atoms with Crippen molar-refractivity contribution in [3.05, 3.63) is 36.5 Å². The molecule has 2 rings (SSSR count). The molecule has 16 heavy (non-hydrogen) atoms. The number of nitrogens with two attached hydrogens (primary N) is 1. The van der Waals surface area contributed by atoms with E-state index in [9.17, 15) is 4.79 Å². The highest BCUT2D eigenvalue weighted by Gasteiger charge is 2.03. The van der Waals surface area contributed by atoms with E-state index in [1.165, 1.54) is 6.20 Å². The molecular formula is C10H11N5O. The van der Waals surface area contributed by atoms with Gasteiger partial charge in [0.15, 0.2) is 0 Å². The number of nitrogens with one attached hydrogen (secondary N) is 1. The Bertz CT molecular complexity index is 519. The molecule has 0 saturated heterocycles. The predicted octanol–water partition coefficient (Wildman–Crippen LogP) is 0.658. The van der Waals surface area contributed by atoms with Gasteiger partial charge in [-0.15, -0.1) is 0 Å². The molecule has 1 amide bonds. The third kappa shape index (κ3) is 2.00. The Morgan fingerprint density at radius 3 is 2.81 bits per heavy atom. The van der Waals surface area contributed by atoms with Crippen LogP contribution >= 0.6 is 0 Å². The predicted molar refractivity (Wildman–Crippen MR) is 59.2 cm³/mol. The number of aromatic nitrogens is 3. The Hall–Kier alpha value is -2.37. The Morgan fingerprint density at radius 1 is 1.38 bits per heavy atom. The van der Waals surface area contributed by atoms with Crippen LogP contribution in [-0.4, -0.2) is 20.4 Å². The van der Waals surface area contributed by atoms with E-state index in [-0.39, 0.29) is 0 Å². The lowest BCUT2D eigenvalue weighted by Crippen LogP contribution is -2.11. The number of primary amides is 1. The fourth-order valence-corrected chi connectivity index (χ4v) is 1.27. The molecule has 0 radical (unpaired) electrons. The minimum Gasteiger partial charge on any atom is -0.366 e. The van der Waals surface area contributed by atoms with Crippen molar-refractivity contribution in [3.63, 3.8) is 0 Å². The van der Waals surface area contributed by atoms with Crippen molar-refractivity contribution < 1.29 is 4.79 Å². The van der Waals surface area contributed by atoms with Gasteiger partial charge in [-0.05, 0) is 6.07 Å². The van der Waals surface area contributed by atoms with Gasteiger partial charge in [0.05, 0.1) is 30.0 Å². The molecule has 2 aromatic heterocycles. The van der Waals surface area contributed by atoms with Gasteiger partial charge in [-0.2, -0.15) is 0 Å². The molecular weight excluding hydrogens is 206 g/mol. The normalized spacial score (nSPS) is 10.1. The summed E-state index contributed by atoms with van der Waals surface area (Å²) in [4.78, 5) is 18.8. The van der Waals surface area contributed by atoms with Gasteiger partial charge in [-0.1, -0.05) is 0 Å². The number of hydrogen-bond donors (Lipinski definition) is 2. The lowest BCUT2D eigenvalue weighted by molar-refractivity contribution is 0.1000. The maximum absolute atomic E-state index is 11.0. The highest BCUT2D eigenvalue weighted by Crippen LogP contribution is 2.15. The molecule has 0 aliphatic carbocycles. The van der Waals surface area contributed by atoms with Gasteiger partial charge >= 0.3 is 0 Å². The second-order valence-corrected chi connectivity index (χ2v) is 3.34. The lowest BCUT2D eigenvalue weighted by atomic mass is 10.2. The first kappa shape index (κ1) is 10.2. The van der Waals surface area contributed by atoms with Gasteiger partial charge in [0.1, 0.15) is 5.82 Å². The second-order valence-electron chi connectivity index (χ2n) is 3.34. The second kappa shape index (κ2) is 4.01. The van der Waals surface area contributed by atoms with Crippen molar-refractivity contribution in [1.82, 2.24) is 14.5 Å². The third-order valence-electron chi connectivity index (χ3n) is 2.11. The molecule has 0 aliphatic rings. The van der Waals surface area contributed by atoms with Crippen LogP contribution in [0.15, 0.2) is 31.0 Å². The Kier molecular flexibility index (Phi) is 2.55. The van der Waals surface area contributed by atoms with E-state index < -0.39 is 5.91 Å². The van der Waals surface area contributed by atoms with E-state index in [0.717, 1.165) is 5.82 Å². The van der Waals surface area contributed by atoms with Crippen LogP contribution in [0.3, 0.4) is 0 Å². The molecule has 3 N–H and O–H groups in total. The summed E-state index contributed by atoms with van der Waals surface area (Å²) in [6.07, 6.45) is 6.39. The van der Waals surface area contributed by atoms with Crippen molar-refractivity contribution in [2.45, 2.75) is 0 Å². The molecule has 0 fully saturated rings. The summed E-state index contributed by atoms with van der Waals surface area (Å²) in [5, 5.41) is 3.08. The minimum atomic E-state index is -0.499. The van der Waals surface area contributed by atoms with Crippen LogP contribution in [0.1, 0.15) is 10.4 Å². The molecule has 2 heterocycles. The molecule has 0 unspecified atom stereocenters. The van der Waals surface area contributed by atoms with Crippen molar-refractivity contribution in [1.29, 1.82) is 0 Å².